The van der Waals surface area contributed by atoms with Crippen molar-refractivity contribution in [2.75, 3.05) is 4.90 Å². The molecular weight excluding hydrogens is 587 g/mol. The minimum atomic E-state index is -0.726. The van der Waals surface area contributed by atoms with E-state index in [1.165, 1.54) is 38.9 Å². The Kier molecular flexibility index (Phi) is 5.75. The van der Waals surface area contributed by atoms with Crippen LogP contribution in [0.2, 0.25) is 0 Å². The van der Waals surface area contributed by atoms with Crippen LogP contribution in [-0.2, 0) is 0 Å². The zero-order valence-corrected chi connectivity index (χ0v) is 26.7. The van der Waals surface area contributed by atoms with Gasteiger partial charge >= 0.3 is 0 Å². The number of aromatic nitrogens is 1. The van der Waals surface area contributed by atoms with Crippen molar-refractivity contribution in [3.05, 3.63) is 156 Å². The number of nitriles is 1. The molecule has 5 aromatic carbocycles. The summed E-state index contributed by atoms with van der Waals surface area (Å²) in [6, 6.07) is 43.8. The molecule has 0 spiro atoms. The van der Waals surface area contributed by atoms with E-state index in [4.69, 9.17) is 4.42 Å². The lowest BCUT2D eigenvalue weighted by molar-refractivity contribution is 0.387. The number of benzene rings is 5. The average molecular weight is 620 g/mol. The number of fused-ring (bicyclic) bond motifs is 10. The van der Waals surface area contributed by atoms with Crippen molar-refractivity contribution in [3.8, 4) is 6.07 Å². The molecule has 2 aromatic heterocycles. The van der Waals surface area contributed by atoms with Crippen LogP contribution in [0, 0.1) is 16.7 Å². The minimum Gasteiger partial charge on any atom is -0.454 e. The molecule has 3 aliphatic rings. The van der Waals surface area contributed by atoms with Gasteiger partial charge in [0.15, 0.2) is 5.58 Å². The molecule has 0 fully saturated rings. The predicted octanol–water partition coefficient (Wildman–Crippen LogP) is 11.3. The van der Waals surface area contributed by atoms with Gasteiger partial charge in [-0.3, -0.25) is 0 Å². The first kappa shape index (κ1) is 27.3. The monoisotopic (exact) mass is 619 g/mol. The van der Waals surface area contributed by atoms with E-state index in [1.807, 2.05) is 6.07 Å². The predicted molar refractivity (Wildman–Crippen MR) is 196 cm³/mol. The van der Waals surface area contributed by atoms with Gasteiger partial charge in [0.1, 0.15) is 5.58 Å². The van der Waals surface area contributed by atoms with Crippen molar-refractivity contribution in [2.24, 2.45) is 5.41 Å². The van der Waals surface area contributed by atoms with E-state index in [0.717, 1.165) is 45.8 Å². The summed E-state index contributed by atoms with van der Waals surface area (Å²) < 4.78 is 9.10. The Labute approximate surface area is 279 Å². The zero-order valence-electron chi connectivity index (χ0n) is 26.7. The van der Waals surface area contributed by atoms with Crippen molar-refractivity contribution >= 4 is 55.1 Å². The summed E-state index contributed by atoms with van der Waals surface area (Å²) in [4.78, 5) is 2.54. The first-order chi connectivity index (χ1) is 23.6. The van der Waals surface area contributed by atoms with Crippen LogP contribution < -0.4 is 4.90 Å². The number of allylic oxidation sites excluding steroid dienone is 5. The van der Waals surface area contributed by atoms with Crippen LogP contribution in [0.1, 0.15) is 37.3 Å². The van der Waals surface area contributed by atoms with Crippen molar-refractivity contribution in [2.45, 2.75) is 37.8 Å². The Morgan fingerprint density at radius 1 is 0.771 bits per heavy atom. The molecule has 4 nitrogen and oxygen atoms in total. The largest absolute Gasteiger partial charge is 0.454 e. The summed E-state index contributed by atoms with van der Waals surface area (Å²) in [5.74, 6) is 0.181. The molecular formula is C44H33N3O. The second-order valence-corrected chi connectivity index (χ2v) is 13.7. The number of nitrogens with zero attached hydrogens (tertiary/aromatic N) is 3. The van der Waals surface area contributed by atoms with Crippen LogP contribution >= 0.6 is 0 Å². The van der Waals surface area contributed by atoms with E-state index in [1.54, 1.807) is 0 Å². The Bertz CT molecular complexity index is 2520. The third-order valence-electron chi connectivity index (χ3n) is 11.1. The summed E-state index contributed by atoms with van der Waals surface area (Å²) in [5.41, 5.74) is 9.72. The number of furan rings is 1. The van der Waals surface area contributed by atoms with Gasteiger partial charge in [-0.25, -0.2) is 0 Å². The van der Waals surface area contributed by atoms with Gasteiger partial charge in [-0.2, -0.15) is 5.26 Å². The van der Waals surface area contributed by atoms with Gasteiger partial charge in [0.2, 0.25) is 0 Å². The second-order valence-electron chi connectivity index (χ2n) is 13.7. The van der Waals surface area contributed by atoms with Crippen LogP contribution in [0.3, 0.4) is 0 Å². The van der Waals surface area contributed by atoms with Crippen molar-refractivity contribution in [3.63, 3.8) is 0 Å². The third-order valence-corrected chi connectivity index (χ3v) is 11.1. The summed E-state index contributed by atoms with van der Waals surface area (Å²) in [5, 5.41) is 15.6. The lowest BCUT2D eigenvalue weighted by Crippen LogP contribution is -2.34. The van der Waals surface area contributed by atoms with Crippen LogP contribution in [-0.4, -0.2) is 10.6 Å². The number of rotatable bonds is 3. The third kappa shape index (κ3) is 3.70. The molecule has 0 saturated heterocycles. The summed E-state index contributed by atoms with van der Waals surface area (Å²) in [7, 11) is 0. The van der Waals surface area contributed by atoms with Gasteiger partial charge in [-0.15, -0.1) is 0 Å². The molecule has 1 aliphatic heterocycles. The molecule has 0 saturated carbocycles. The standard InChI is InChI=1S/C44H33N3O/c1-44(27-45)25-11-17-30(43(44)47-37-18-8-5-14-31(37)32-15-6-9-19-38(32)47)28-21-24-39-36(26-28)34-22-23-35-33-16-7-10-20-40(33)48-42(35)41(34)46(39)29-12-3-2-4-13-29/h2-20,22-23,25-26,36,39,43H,21,24H2,1H3. The molecule has 0 amide bonds. The fourth-order valence-corrected chi connectivity index (χ4v) is 8.98. The zero-order chi connectivity index (χ0) is 32.0. The highest BCUT2D eigenvalue weighted by Crippen LogP contribution is 2.56. The molecule has 48 heavy (non-hydrogen) atoms. The summed E-state index contributed by atoms with van der Waals surface area (Å²) in [6.45, 7) is 2.09. The van der Waals surface area contributed by atoms with E-state index in [2.05, 4.69) is 156 Å². The van der Waals surface area contributed by atoms with Crippen molar-refractivity contribution < 1.29 is 4.42 Å². The SMILES string of the molecule is CC1(C#N)C=CC=C(C2=CC3c4ccc5c(oc6ccccc65)c4N(c4ccccc4)C3CC2)C1n1c2ccccc2c2ccccc21. The van der Waals surface area contributed by atoms with Crippen LogP contribution in [0.5, 0.6) is 0 Å². The average Bonchev–Trinajstić information content (AvgIpc) is 3.79. The van der Waals surface area contributed by atoms with Crippen LogP contribution in [0.25, 0.3) is 43.7 Å². The van der Waals surface area contributed by atoms with Gasteiger partial charge in [-0.1, -0.05) is 109 Å². The van der Waals surface area contributed by atoms with Crippen molar-refractivity contribution in [1.82, 2.24) is 4.57 Å². The Hall–Kier alpha value is -5.79. The first-order valence-corrected chi connectivity index (χ1v) is 16.9. The lowest BCUT2D eigenvalue weighted by Gasteiger charge is -2.39. The highest BCUT2D eigenvalue weighted by molar-refractivity contribution is 6.11. The Morgan fingerprint density at radius 3 is 2.21 bits per heavy atom. The summed E-state index contributed by atoms with van der Waals surface area (Å²) >= 11 is 0. The molecule has 4 unspecified atom stereocenters. The molecule has 10 rings (SSSR count). The smallest absolute Gasteiger partial charge is 0.159 e. The van der Waals surface area contributed by atoms with E-state index in [9.17, 15) is 5.26 Å². The molecule has 7 aromatic rings. The van der Waals surface area contributed by atoms with E-state index in [0.29, 0.717) is 0 Å². The summed E-state index contributed by atoms with van der Waals surface area (Å²) in [6.07, 6.45) is 10.9. The fourth-order valence-electron chi connectivity index (χ4n) is 8.98. The minimum absolute atomic E-state index is 0.177. The highest BCUT2D eigenvalue weighted by atomic mass is 16.3. The number of para-hydroxylation sites is 4. The second kappa shape index (κ2) is 10.1. The molecule has 0 N–H and O–H groups in total. The number of hydrogen-bond donors (Lipinski definition) is 0. The fraction of sp³-hybridized carbons (Fsp3) is 0.159. The molecule has 3 heterocycles. The van der Waals surface area contributed by atoms with E-state index in [-0.39, 0.29) is 18.0 Å². The maximum atomic E-state index is 10.8. The maximum absolute atomic E-state index is 10.8. The Balaban J connectivity index is 1.18. The molecule has 0 radical (unpaired) electrons. The Morgan fingerprint density at radius 2 is 1.46 bits per heavy atom. The maximum Gasteiger partial charge on any atom is 0.159 e. The van der Waals surface area contributed by atoms with Crippen LogP contribution in [0.15, 0.2) is 155 Å². The van der Waals surface area contributed by atoms with Gasteiger partial charge < -0.3 is 13.9 Å². The van der Waals surface area contributed by atoms with Gasteiger partial charge in [0, 0.05) is 50.2 Å². The number of hydrogen-bond acceptors (Lipinski definition) is 3. The normalized spacial score (nSPS) is 23.3. The first-order valence-electron chi connectivity index (χ1n) is 16.9. The highest BCUT2D eigenvalue weighted by Gasteiger charge is 2.45. The molecule has 0 bridgehead atoms. The molecule has 4 atom stereocenters. The molecule has 2 aliphatic carbocycles. The lowest BCUT2D eigenvalue weighted by atomic mass is 9.71. The van der Waals surface area contributed by atoms with Crippen LogP contribution in [0.4, 0.5) is 11.4 Å². The van der Waals surface area contributed by atoms with Gasteiger partial charge in [0.05, 0.1) is 23.2 Å². The number of anilines is 2. The molecule has 230 valence electrons. The van der Waals surface area contributed by atoms with E-state index < -0.39 is 5.41 Å². The van der Waals surface area contributed by atoms with Crippen molar-refractivity contribution in [1.29, 1.82) is 5.26 Å². The van der Waals surface area contributed by atoms with Gasteiger partial charge in [0.25, 0.3) is 0 Å². The van der Waals surface area contributed by atoms with Gasteiger partial charge in [-0.05, 0) is 66.8 Å². The van der Waals surface area contributed by atoms with E-state index >= 15 is 0 Å². The topological polar surface area (TPSA) is 45.1 Å². The quantitative estimate of drug-likeness (QED) is 0.198. The molecule has 4 heteroatoms.